The summed E-state index contributed by atoms with van der Waals surface area (Å²) in [6.07, 6.45) is 7.12. The molecule has 2 heterocycles. The van der Waals surface area contributed by atoms with Crippen molar-refractivity contribution < 1.29 is 24.1 Å². The normalized spacial score (nSPS) is 14.3. The van der Waals surface area contributed by atoms with Gasteiger partial charge in [-0.25, -0.2) is 4.99 Å². The van der Waals surface area contributed by atoms with Gasteiger partial charge in [-0.1, -0.05) is 57.5 Å². The average Bonchev–Trinajstić information content (AvgIpc) is 3.31. The van der Waals surface area contributed by atoms with Crippen molar-refractivity contribution in [1.29, 1.82) is 0 Å². The number of benzene rings is 3. The lowest BCUT2D eigenvalue weighted by atomic mass is 9.94. The Labute approximate surface area is 265 Å². The van der Waals surface area contributed by atoms with Crippen molar-refractivity contribution in [2.24, 2.45) is 4.99 Å². The van der Waals surface area contributed by atoms with Crippen LogP contribution in [0.5, 0.6) is 23.0 Å². The average molecular weight is 675 g/mol. The third-order valence-electron chi connectivity index (χ3n) is 6.75. The topological polar surface area (TPSA) is 111 Å². The van der Waals surface area contributed by atoms with E-state index in [4.69, 9.17) is 25.6 Å². The van der Waals surface area contributed by atoms with E-state index >= 15 is 0 Å². The minimum absolute atomic E-state index is 0.00216. The number of rotatable bonds is 9. The van der Waals surface area contributed by atoms with E-state index in [1.54, 1.807) is 56.3 Å². The Hall–Kier alpha value is -4.79. The van der Waals surface area contributed by atoms with Gasteiger partial charge in [0.25, 0.3) is 11.5 Å². The number of nitrogens with zero attached hydrogens (tertiary/aromatic N) is 2. The monoisotopic (exact) mass is 673 g/mol. The summed E-state index contributed by atoms with van der Waals surface area (Å²) in [5.74, 6) is 3.05. The molecule has 5 rings (SSSR count). The number of nitrogens with one attached hydrogen (secondary N) is 1. The summed E-state index contributed by atoms with van der Waals surface area (Å²) in [5.41, 5.74) is 2.08. The predicted octanol–water partition coefficient (Wildman–Crippen LogP) is 4.76. The number of amides is 1. The van der Waals surface area contributed by atoms with Crippen LogP contribution in [0.15, 0.2) is 86.2 Å². The minimum Gasteiger partial charge on any atom is -0.504 e. The number of ether oxygens (including phenoxy) is 3. The molecule has 0 aliphatic carbocycles. The van der Waals surface area contributed by atoms with Gasteiger partial charge in [0.15, 0.2) is 27.8 Å². The molecule has 1 aliphatic rings. The summed E-state index contributed by atoms with van der Waals surface area (Å²) in [6.45, 7) is 3.85. The van der Waals surface area contributed by atoms with Crippen LogP contribution < -0.4 is 34.4 Å². The zero-order chi connectivity index (χ0) is 31.4. The molecule has 1 atom stereocenters. The van der Waals surface area contributed by atoms with Crippen molar-refractivity contribution in [2.45, 2.75) is 19.9 Å². The summed E-state index contributed by atoms with van der Waals surface area (Å²) in [5, 5.41) is 13.3. The second-order valence-electron chi connectivity index (χ2n) is 9.58. The van der Waals surface area contributed by atoms with Gasteiger partial charge in [-0.2, -0.15) is 0 Å². The van der Waals surface area contributed by atoms with Gasteiger partial charge in [-0.3, -0.25) is 14.2 Å². The molecule has 9 nitrogen and oxygen atoms in total. The molecule has 224 valence electrons. The van der Waals surface area contributed by atoms with Crippen molar-refractivity contribution in [3.05, 3.63) is 107 Å². The van der Waals surface area contributed by atoms with Gasteiger partial charge in [0.05, 0.1) is 35.6 Å². The van der Waals surface area contributed by atoms with Crippen molar-refractivity contribution in [1.82, 2.24) is 4.57 Å². The molecule has 0 bridgehead atoms. The van der Waals surface area contributed by atoms with Crippen molar-refractivity contribution in [2.75, 3.05) is 25.6 Å². The summed E-state index contributed by atoms with van der Waals surface area (Å²) < 4.78 is 19.5. The number of allylic oxidation sites excluding steroid dienone is 1. The standard InChI is InChI=1S/C33H28BrN3O6S/c1-5-14-43-30-21(15-22(34)18-26(30)41-4)17-27-32(40)37-29(20-12-13-24(38)25(16-20)42-6-2)28(19(3)35-33(37)44-27)31(39)36-23-10-8-7-9-11-23/h1,7-13,15-18,29,38H,6,14H2,2-4H3,(H,36,39)/b27-17-/t29-/m1/s1. The first-order valence-electron chi connectivity index (χ1n) is 13.5. The minimum atomic E-state index is -0.869. The maximum atomic E-state index is 14.2. The second-order valence-corrected chi connectivity index (χ2v) is 11.5. The van der Waals surface area contributed by atoms with E-state index < -0.39 is 11.9 Å². The number of carbonyl (C=O) groups is 1. The van der Waals surface area contributed by atoms with Gasteiger partial charge in [0.1, 0.15) is 6.61 Å². The number of methoxy groups -OCH3 is 1. The summed E-state index contributed by atoms with van der Waals surface area (Å²) in [7, 11) is 1.52. The Morgan fingerprint density at radius 3 is 2.66 bits per heavy atom. The van der Waals surface area contributed by atoms with Gasteiger partial charge < -0.3 is 24.6 Å². The lowest BCUT2D eigenvalue weighted by Crippen LogP contribution is -2.40. The highest BCUT2D eigenvalue weighted by molar-refractivity contribution is 9.10. The van der Waals surface area contributed by atoms with E-state index in [-0.39, 0.29) is 29.2 Å². The second kappa shape index (κ2) is 13.2. The number of phenols is 1. The van der Waals surface area contributed by atoms with Gasteiger partial charge in [0.2, 0.25) is 0 Å². The SMILES string of the molecule is C#CCOc1c(/C=c2\sc3n(c2=O)[C@H](c2ccc(O)c(OCC)c2)C(C(=O)Nc2ccccc2)=C(C)N=3)cc(Br)cc1OC. The largest absolute Gasteiger partial charge is 0.504 e. The van der Waals surface area contributed by atoms with Crippen LogP contribution in [0.25, 0.3) is 6.08 Å². The summed E-state index contributed by atoms with van der Waals surface area (Å²) >= 11 is 4.67. The molecule has 3 aromatic carbocycles. The first kappa shape index (κ1) is 30.7. The van der Waals surface area contributed by atoms with Crippen LogP contribution in [-0.2, 0) is 4.79 Å². The molecule has 0 saturated heterocycles. The highest BCUT2D eigenvalue weighted by atomic mass is 79.9. The smallest absolute Gasteiger partial charge is 0.271 e. The Morgan fingerprint density at radius 1 is 1.18 bits per heavy atom. The number of aromatic hydroxyl groups is 1. The number of anilines is 1. The van der Waals surface area contributed by atoms with E-state index in [1.807, 2.05) is 18.2 Å². The highest BCUT2D eigenvalue weighted by Crippen LogP contribution is 2.37. The fraction of sp³-hybridized carbons (Fsp3) is 0.182. The fourth-order valence-electron chi connectivity index (χ4n) is 4.88. The molecular weight excluding hydrogens is 646 g/mol. The predicted molar refractivity (Wildman–Crippen MR) is 173 cm³/mol. The van der Waals surface area contributed by atoms with Crippen LogP contribution in [0.3, 0.4) is 0 Å². The number of carbonyl (C=O) groups excluding carboxylic acids is 1. The van der Waals surface area contributed by atoms with Crippen LogP contribution >= 0.6 is 27.3 Å². The Kier molecular flexibility index (Phi) is 9.23. The first-order chi connectivity index (χ1) is 21.2. The Balaban J connectivity index is 1.72. The zero-order valence-electron chi connectivity index (χ0n) is 24.1. The molecule has 2 N–H and O–H groups in total. The van der Waals surface area contributed by atoms with Crippen LogP contribution in [-0.4, -0.2) is 35.9 Å². The molecule has 4 aromatic rings. The lowest BCUT2D eigenvalue weighted by molar-refractivity contribution is -0.113. The summed E-state index contributed by atoms with van der Waals surface area (Å²) in [4.78, 5) is 33.1. The quantitative estimate of drug-likeness (QED) is 0.248. The van der Waals surface area contributed by atoms with E-state index in [2.05, 4.69) is 27.2 Å². The zero-order valence-corrected chi connectivity index (χ0v) is 26.5. The van der Waals surface area contributed by atoms with Crippen LogP contribution in [0.2, 0.25) is 0 Å². The van der Waals surface area contributed by atoms with Crippen LogP contribution in [0.4, 0.5) is 5.69 Å². The molecule has 0 fully saturated rings. The van der Waals surface area contributed by atoms with E-state index in [0.29, 0.717) is 54.4 Å². The maximum Gasteiger partial charge on any atom is 0.271 e. The van der Waals surface area contributed by atoms with E-state index in [9.17, 15) is 14.7 Å². The van der Waals surface area contributed by atoms with Crippen LogP contribution in [0.1, 0.15) is 31.0 Å². The molecule has 1 amide bonds. The number of para-hydroxylation sites is 1. The molecular formula is C33H28BrN3O6S. The van der Waals surface area contributed by atoms with Gasteiger partial charge >= 0.3 is 0 Å². The molecule has 0 radical (unpaired) electrons. The molecule has 44 heavy (non-hydrogen) atoms. The number of terminal acetylenes is 1. The van der Waals surface area contributed by atoms with Crippen molar-refractivity contribution in [3.8, 4) is 35.3 Å². The van der Waals surface area contributed by atoms with Crippen molar-refractivity contribution in [3.63, 3.8) is 0 Å². The third-order valence-corrected chi connectivity index (χ3v) is 8.19. The van der Waals surface area contributed by atoms with Gasteiger partial charge in [-0.05, 0) is 61.9 Å². The molecule has 0 spiro atoms. The number of hydrogen-bond donors (Lipinski definition) is 2. The van der Waals surface area contributed by atoms with E-state index in [0.717, 1.165) is 0 Å². The third kappa shape index (κ3) is 6.13. The molecule has 11 heteroatoms. The van der Waals surface area contributed by atoms with Gasteiger partial charge in [0, 0.05) is 15.7 Å². The first-order valence-corrected chi connectivity index (χ1v) is 15.1. The number of aromatic nitrogens is 1. The maximum absolute atomic E-state index is 14.2. The number of thiazole rings is 1. The molecule has 1 aromatic heterocycles. The van der Waals surface area contributed by atoms with Crippen LogP contribution in [0, 0.1) is 12.3 Å². The number of hydrogen-bond acceptors (Lipinski definition) is 8. The number of fused-ring (bicyclic) bond motifs is 1. The fourth-order valence-corrected chi connectivity index (χ4v) is 6.37. The van der Waals surface area contributed by atoms with Gasteiger partial charge in [-0.15, -0.1) is 6.42 Å². The number of phenolic OH excluding ortho intramolecular Hbond substituents is 1. The Bertz CT molecular complexity index is 1990. The lowest BCUT2D eigenvalue weighted by Gasteiger charge is -2.26. The number of halogens is 1. The van der Waals surface area contributed by atoms with E-state index in [1.165, 1.54) is 29.1 Å². The molecule has 0 saturated carbocycles. The van der Waals surface area contributed by atoms with Crippen molar-refractivity contribution >= 4 is 44.9 Å². The summed E-state index contributed by atoms with van der Waals surface area (Å²) in [6, 6.07) is 16.5. The molecule has 0 unspecified atom stereocenters. The highest BCUT2D eigenvalue weighted by Gasteiger charge is 2.33. The molecule has 1 aliphatic heterocycles. The Morgan fingerprint density at radius 2 is 1.95 bits per heavy atom.